The number of rotatable bonds is 6. The molecule has 0 spiro atoms. The van der Waals surface area contributed by atoms with Gasteiger partial charge in [-0.2, -0.15) is 0 Å². The van der Waals surface area contributed by atoms with Crippen LogP contribution in [-0.2, 0) is 0 Å². The van der Waals surface area contributed by atoms with Crippen LogP contribution in [0.1, 0.15) is 0 Å². The second-order valence-electron chi connectivity index (χ2n) is 9.17. The molecule has 0 N–H and O–H groups in total. The molecule has 39 heavy (non-hydrogen) atoms. The van der Waals surface area contributed by atoms with Crippen molar-refractivity contribution in [3.63, 3.8) is 0 Å². The van der Waals surface area contributed by atoms with Crippen molar-refractivity contribution in [2.24, 2.45) is 0 Å². The van der Waals surface area contributed by atoms with E-state index in [1.54, 1.807) is 12.1 Å². The molecule has 0 unspecified atom stereocenters. The Bertz CT molecular complexity index is 1590. The summed E-state index contributed by atoms with van der Waals surface area (Å²) >= 11 is 0. The predicted molar refractivity (Wildman–Crippen MR) is 155 cm³/mol. The van der Waals surface area contributed by atoms with Crippen LogP contribution in [0.5, 0.6) is 11.5 Å². The Balaban J connectivity index is 1.49. The summed E-state index contributed by atoms with van der Waals surface area (Å²) in [6.45, 7) is 0. The Morgan fingerprint density at radius 3 is 0.974 bits per heavy atom. The second-order valence-corrected chi connectivity index (χ2v) is 9.17. The molecule has 0 aliphatic heterocycles. The minimum atomic E-state index is -0.546. The smallest absolute Gasteiger partial charge is 0.174 e. The van der Waals surface area contributed by atoms with Crippen molar-refractivity contribution >= 4 is 0 Å². The highest BCUT2D eigenvalue weighted by Crippen LogP contribution is 2.43. The molecule has 0 aromatic heterocycles. The van der Waals surface area contributed by atoms with E-state index in [4.69, 9.17) is 4.74 Å². The third-order valence-corrected chi connectivity index (χ3v) is 6.73. The van der Waals surface area contributed by atoms with Crippen LogP contribution in [0.4, 0.5) is 8.78 Å². The average Bonchev–Trinajstić information content (AvgIpc) is 3.00. The molecule has 0 radical (unpaired) electrons. The van der Waals surface area contributed by atoms with Crippen molar-refractivity contribution < 1.29 is 13.5 Å². The van der Waals surface area contributed by atoms with Gasteiger partial charge in [-0.3, -0.25) is 0 Å². The molecule has 6 aromatic carbocycles. The van der Waals surface area contributed by atoms with Crippen molar-refractivity contribution in [2.75, 3.05) is 0 Å². The summed E-state index contributed by atoms with van der Waals surface area (Å²) in [4.78, 5) is 0. The van der Waals surface area contributed by atoms with Gasteiger partial charge in [0.05, 0.1) is 0 Å². The lowest BCUT2D eigenvalue weighted by molar-refractivity contribution is 0.416. The Morgan fingerprint density at radius 1 is 0.333 bits per heavy atom. The van der Waals surface area contributed by atoms with Gasteiger partial charge < -0.3 is 4.74 Å². The average molecular weight is 511 g/mol. The summed E-state index contributed by atoms with van der Waals surface area (Å²) in [6.07, 6.45) is 0. The lowest BCUT2D eigenvalue weighted by Crippen LogP contribution is -1.98. The molecule has 188 valence electrons. The summed E-state index contributed by atoms with van der Waals surface area (Å²) < 4.78 is 38.5. The van der Waals surface area contributed by atoms with Crippen molar-refractivity contribution in [2.45, 2.75) is 0 Å². The van der Waals surface area contributed by atoms with E-state index in [0.717, 1.165) is 22.3 Å². The first-order chi connectivity index (χ1) is 19.2. The van der Waals surface area contributed by atoms with Gasteiger partial charge in [-0.05, 0) is 57.6 Å². The molecule has 3 heteroatoms. The van der Waals surface area contributed by atoms with Crippen LogP contribution >= 0.6 is 0 Å². The van der Waals surface area contributed by atoms with E-state index < -0.39 is 11.6 Å². The van der Waals surface area contributed by atoms with Crippen molar-refractivity contribution in [3.05, 3.63) is 157 Å². The summed E-state index contributed by atoms with van der Waals surface area (Å²) in [5.41, 5.74) is 5.47. The highest BCUT2D eigenvalue weighted by Gasteiger charge is 2.22. The molecule has 0 saturated carbocycles. The number of ether oxygens (including phenoxy) is 1. The predicted octanol–water partition coefficient (Wildman–Crippen LogP) is 10.4. The molecule has 1 nitrogen and oxygen atoms in total. The van der Waals surface area contributed by atoms with E-state index in [1.807, 2.05) is 133 Å². The fraction of sp³-hybridized carbons (Fsp3) is 0. The van der Waals surface area contributed by atoms with Gasteiger partial charge in [0.2, 0.25) is 0 Å². The van der Waals surface area contributed by atoms with Crippen LogP contribution in [0, 0.1) is 11.6 Å². The standard InChI is InChI=1S/C36H24F2O/c37-35-31(23-21-29(25-13-5-1-6-14-25)33(35)27-17-9-3-10-18-27)39-32-24-22-30(26-15-7-2-8-16-26)34(36(32)38)28-19-11-4-12-20-28/h1-24H. The Labute approximate surface area is 226 Å². The maximum absolute atomic E-state index is 16.2. The van der Waals surface area contributed by atoms with Gasteiger partial charge in [0.15, 0.2) is 23.1 Å². The van der Waals surface area contributed by atoms with E-state index >= 15 is 8.78 Å². The second kappa shape index (κ2) is 10.8. The molecular weight excluding hydrogens is 486 g/mol. The number of halogens is 2. The zero-order chi connectivity index (χ0) is 26.6. The quantitative estimate of drug-likeness (QED) is 0.217. The highest BCUT2D eigenvalue weighted by atomic mass is 19.1. The van der Waals surface area contributed by atoms with Crippen LogP contribution in [-0.4, -0.2) is 0 Å². The summed E-state index contributed by atoms with van der Waals surface area (Å²) in [6, 6.07) is 44.7. The Kier molecular flexibility index (Phi) is 6.71. The molecule has 6 rings (SSSR count). The van der Waals surface area contributed by atoms with Crippen molar-refractivity contribution in [3.8, 4) is 56.0 Å². The maximum atomic E-state index is 16.2. The molecule has 6 aromatic rings. The fourth-order valence-electron chi connectivity index (χ4n) is 4.88. The first kappa shape index (κ1) is 24.3. The Morgan fingerprint density at radius 2 is 0.641 bits per heavy atom. The number of hydrogen-bond acceptors (Lipinski definition) is 1. The molecule has 0 aliphatic carbocycles. The highest BCUT2D eigenvalue weighted by molar-refractivity contribution is 5.86. The molecule has 0 heterocycles. The number of benzene rings is 6. The molecule has 0 saturated heterocycles. The monoisotopic (exact) mass is 510 g/mol. The summed E-state index contributed by atoms with van der Waals surface area (Å²) in [7, 11) is 0. The lowest BCUT2D eigenvalue weighted by Gasteiger charge is -2.18. The number of hydrogen-bond donors (Lipinski definition) is 0. The van der Waals surface area contributed by atoms with Gasteiger partial charge in [-0.1, -0.05) is 121 Å². The van der Waals surface area contributed by atoms with E-state index in [0.29, 0.717) is 22.3 Å². The normalized spacial score (nSPS) is 10.8. The Hall–Kier alpha value is -5.02. The van der Waals surface area contributed by atoms with Gasteiger partial charge in [-0.15, -0.1) is 0 Å². The molecule has 0 amide bonds. The van der Waals surface area contributed by atoms with Gasteiger partial charge in [0, 0.05) is 11.1 Å². The first-order valence-corrected chi connectivity index (χ1v) is 12.8. The van der Waals surface area contributed by atoms with Crippen LogP contribution in [0.3, 0.4) is 0 Å². The first-order valence-electron chi connectivity index (χ1n) is 12.8. The van der Waals surface area contributed by atoms with E-state index in [1.165, 1.54) is 0 Å². The zero-order valence-corrected chi connectivity index (χ0v) is 21.0. The van der Waals surface area contributed by atoms with Gasteiger partial charge in [0.25, 0.3) is 0 Å². The fourth-order valence-corrected chi connectivity index (χ4v) is 4.88. The molecule has 0 aliphatic rings. The van der Waals surface area contributed by atoms with Crippen LogP contribution < -0.4 is 4.74 Å². The maximum Gasteiger partial charge on any atom is 0.174 e. The van der Waals surface area contributed by atoms with Crippen LogP contribution in [0.15, 0.2) is 146 Å². The van der Waals surface area contributed by atoms with E-state index in [9.17, 15) is 0 Å². The van der Waals surface area contributed by atoms with Crippen LogP contribution in [0.25, 0.3) is 44.5 Å². The van der Waals surface area contributed by atoms with Gasteiger partial charge in [-0.25, -0.2) is 8.78 Å². The van der Waals surface area contributed by atoms with Gasteiger partial charge in [0.1, 0.15) is 0 Å². The largest absolute Gasteiger partial charge is 0.451 e. The molecule has 0 fully saturated rings. The minimum absolute atomic E-state index is 0.0427. The molecular formula is C36H24F2O. The molecule has 0 atom stereocenters. The summed E-state index contributed by atoms with van der Waals surface area (Å²) in [5, 5.41) is 0. The van der Waals surface area contributed by atoms with E-state index in [-0.39, 0.29) is 11.5 Å². The van der Waals surface area contributed by atoms with Gasteiger partial charge >= 0.3 is 0 Å². The lowest BCUT2D eigenvalue weighted by atomic mass is 9.93. The van der Waals surface area contributed by atoms with E-state index in [2.05, 4.69) is 0 Å². The van der Waals surface area contributed by atoms with Crippen LogP contribution in [0.2, 0.25) is 0 Å². The SMILES string of the molecule is Fc1c(Oc2ccc(-c3ccccc3)c(-c3ccccc3)c2F)ccc(-c2ccccc2)c1-c1ccccc1. The van der Waals surface area contributed by atoms with Crippen molar-refractivity contribution in [1.29, 1.82) is 0 Å². The third kappa shape index (κ3) is 4.83. The third-order valence-electron chi connectivity index (χ3n) is 6.73. The topological polar surface area (TPSA) is 9.23 Å². The zero-order valence-electron chi connectivity index (χ0n) is 21.0. The molecule has 0 bridgehead atoms. The van der Waals surface area contributed by atoms with Crippen molar-refractivity contribution in [1.82, 2.24) is 0 Å². The minimum Gasteiger partial charge on any atom is -0.451 e. The summed E-state index contributed by atoms with van der Waals surface area (Å²) in [5.74, 6) is -1.18.